The lowest BCUT2D eigenvalue weighted by Gasteiger charge is -2.30. The second-order valence-electron chi connectivity index (χ2n) is 11.3. The van der Waals surface area contributed by atoms with Crippen molar-refractivity contribution in [3.63, 3.8) is 0 Å². The molecule has 0 fully saturated rings. The first kappa shape index (κ1) is 30.6. The molecular weight excluding hydrogens is 583 g/mol. The Morgan fingerprint density at radius 2 is 1.15 bits per heavy atom. The van der Waals surface area contributed by atoms with Gasteiger partial charge in [0.15, 0.2) is 6.79 Å². The first-order valence-corrected chi connectivity index (χ1v) is 16.4. The van der Waals surface area contributed by atoms with Crippen LogP contribution in [0.25, 0.3) is 32.3 Å². The third-order valence-corrected chi connectivity index (χ3v) is 9.50. The van der Waals surface area contributed by atoms with Crippen molar-refractivity contribution in [3.8, 4) is 5.75 Å². The minimum atomic E-state index is -4.79. The fourth-order valence-electron chi connectivity index (χ4n) is 4.51. The maximum absolute atomic E-state index is 13.4. The van der Waals surface area contributed by atoms with Gasteiger partial charge in [0.25, 0.3) is 20.2 Å². The van der Waals surface area contributed by atoms with E-state index in [4.69, 9.17) is 18.3 Å². The van der Waals surface area contributed by atoms with Gasteiger partial charge in [0.1, 0.15) is 15.5 Å². The Hall–Kier alpha value is -2.35. The number of aryl methyl sites for hydroxylation is 1. The molecule has 0 bridgehead atoms. The summed E-state index contributed by atoms with van der Waals surface area (Å²) in [5.41, 5.74) is -1.31. The van der Waals surface area contributed by atoms with Crippen molar-refractivity contribution >= 4 is 60.4 Å². The molecule has 0 spiro atoms. The molecule has 11 nitrogen and oxygen atoms in total. The topological polar surface area (TPSA) is 163 Å². The van der Waals surface area contributed by atoms with Crippen molar-refractivity contribution in [3.05, 3.63) is 42.0 Å². The molecule has 0 aromatic heterocycles. The van der Waals surface area contributed by atoms with Gasteiger partial charge in [0.05, 0.1) is 11.2 Å². The van der Waals surface area contributed by atoms with Crippen LogP contribution >= 0.6 is 7.82 Å². The Morgan fingerprint density at radius 1 is 0.725 bits per heavy atom. The summed E-state index contributed by atoms with van der Waals surface area (Å²) in [7, 11) is -13.6. The van der Waals surface area contributed by atoms with Crippen molar-refractivity contribution in [2.24, 2.45) is 0 Å². The second kappa shape index (κ2) is 9.88. The van der Waals surface area contributed by atoms with E-state index < -0.39 is 50.9 Å². The molecule has 14 heteroatoms. The monoisotopic (exact) mass is 614 g/mol. The molecule has 4 aromatic carbocycles. The van der Waals surface area contributed by atoms with Gasteiger partial charge in [-0.05, 0) is 76.9 Å². The Balaban J connectivity index is 1.92. The summed E-state index contributed by atoms with van der Waals surface area (Å²) in [5, 5.41) is 1.81. The maximum Gasteiger partial charge on any atom is 0.478 e. The van der Waals surface area contributed by atoms with E-state index in [1.165, 1.54) is 24.3 Å². The van der Waals surface area contributed by atoms with E-state index in [0.29, 0.717) is 21.7 Å². The third-order valence-electron chi connectivity index (χ3n) is 5.74. The maximum atomic E-state index is 13.4. The molecule has 218 valence electrons. The van der Waals surface area contributed by atoms with Crippen LogP contribution in [0.5, 0.6) is 5.75 Å². The van der Waals surface area contributed by atoms with Crippen LogP contribution in [0.2, 0.25) is 0 Å². The van der Waals surface area contributed by atoms with Gasteiger partial charge >= 0.3 is 7.82 Å². The molecule has 0 saturated heterocycles. The normalized spacial score (nSPS) is 14.0. The molecular formula is C26H31O11PS2. The van der Waals surface area contributed by atoms with E-state index in [9.17, 15) is 30.5 Å². The minimum absolute atomic E-state index is 0.0671. The van der Waals surface area contributed by atoms with E-state index in [-0.39, 0.29) is 26.8 Å². The van der Waals surface area contributed by atoms with Crippen molar-refractivity contribution in [1.82, 2.24) is 0 Å². The lowest BCUT2D eigenvalue weighted by atomic mass is 9.92. The van der Waals surface area contributed by atoms with Crippen LogP contribution in [0, 0.1) is 6.92 Å². The first-order valence-electron chi connectivity index (χ1n) is 12.1. The molecule has 0 saturated carbocycles. The molecule has 0 aliphatic rings. The lowest BCUT2D eigenvalue weighted by molar-refractivity contribution is -0.0187. The standard InChI is InChI=1S/C26H31O11PS2/c1-15-12-21(39(28,29)30)18-11-9-17-20(34-14-35-38(27,36-25(2,3)4)37-26(5,6)7)13-22(40(31,32)33)19-10-8-16(15)23(18)24(17)19/h8-13H,14H2,1-7H3,(H,28,29,30)(H,31,32,33). The number of rotatable bonds is 8. The summed E-state index contributed by atoms with van der Waals surface area (Å²) in [6, 6.07) is 8.48. The quantitative estimate of drug-likeness (QED) is 0.0967. The molecule has 4 rings (SSSR count). The van der Waals surface area contributed by atoms with E-state index >= 15 is 0 Å². The number of hydrogen-bond donors (Lipinski definition) is 2. The van der Waals surface area contributed by atoms with Gasteiger partial charge in [0, 0.05) is 27.6 Å². The van der Waals surface area contributed by atoms with E-state index in [2.05, 4.69) is 0 Å². The fraction of sp³-hybridized carbons (Fsp3) is 0.385. The number of benzene rings is 4. The largest absolute Gasteiger partial charge is 0.478 e. The van der Waals surface area contributed by atoms with Gasteiger partial charge in [-0.3, -0.25) is 18.2 Å². The number of phosphoric ester groups is 1. The van der Waals surface area contributed by atoms with Gasteiger partial charge in [0.2, 0.25) is 0 Å². The zero-order valence-corrected chi connectivity index (χ0v) is 25.5. The highest BCUT2D eigenvalue weighted by atomic mass is 32.2. The van der Waals surface area contributed by atoms with Gasteiger partial charge in [-0.1, -0.05) is 18.2 Å². The molecule has 0 amide bonds. The van der Waals surface area contributed by atoms with Crippen molar-refractivity contribution < 1.29 is 48.8 Å². The number of phosphoric acid groups is 1. The summed E-state index contributed by atoms with van der Waals surface area (Å²) in [4.78, 5) is -0.853. The Bertz CT molecular complexity index is 1860. The van der Waals surface area contributed by atoms with Crippen LogP contribution in [-0.4, -0.2) is 43.9 Å². The van der Waals surface area contributed by atoms with Crippen LogP contribution in [0.1, 0.15) is 47.1 Å². The van der Waals surface area contributed by atoms with Crippen molar-refractivity contribution in [2.75, 3.05) is 6.79 Å². The second-order valence-corrected chi connectivity index (χ2v) is 15.6. The third kappa shape index (κ3) is 6.27. The molecule has 40 heavy (non-hydrogen) atoms. The van der Waals surface area contributed by atoms with Crippen LogP contribution in [0.3, 0.4) is 0 Å². The Morgan fingerprint density at radius 3 is 1.62 bits per heavy atom. The highest BCUT2D eigenvalue weighted by Crippen LogP contribution is 2.55. The van der Waals surface area contributed by atoms with Gasteiger partial charge < -0.3 is 4.74 Å². The average Bonchev–Trinajstić information content (AvgIpc) is 2.74. The summed E-state index contributed by atoms with van der Waals surface area (Å²) < 4.78 is 105. The van der Waals surface area contributed by atoms with Crippen LogP contribution < -0.4 is 4.74 Å². The molecule has 4 aromatic rings. The fourth-order valence-corrected chi connectivity index (χ4v) is 7.65. The van der Waals surface area contributed by atoms with Crippen molar-refractivity contribution in [2.45, 2.75) is 69.5 Å². The molecule has 0 atom stereocenters. The predicted octanol–water partition coefficient (Wildman–Crippen LogP) is 6.48. The van der Waals surface area contributed by atoms with Gasteiger partial charge in [-0.25, -0.2) is 9.09 Å². The summed E-state index contributed by atoms with van der Waals surface area (Å²) >= 11 is 0. The Labute approximate surface area is 232 Å². The number of hydrogen-bond acceptors (Lipinski definition) is 9. The van der Waals surface area contributed by atoms with Crippen LogP contribution in [0.15, 0.2) is 46.2 Å². The van der Waals surface area contributed by atoms with Gasteiger partial charge in [-0.15, -0.1) is 0 Å². The number of ether oxygens (including phenoxy) is 1. The van der Waals surface area contributed by atoms with Crippen LogP contribution in [0.4, 0.5) is 0 Å². The van der Waals surface area contributed by atoms with Crippen molar-refractivity contribution in [1.29, 1.82) is 0 Å². The average molecular weight is 615 g/mol. The zero-order chi connectivity index (χ0) is 30.1. The molecule has 0 aliphatic carbocycles. The summed E-state index contributed by atoms with van der Waals surface area (Å²) in [6.07, 6.45) is 0. The highest BCUT2D eigenvalue weighted by Gasteiger charge is 2.37. The minimum Gasteiger partial charge on any atom is -0.466 e. The van der Waals surface area contributed by atoms with E-state index in [1.54, 1.807) is 54.5 Å². The molecule has 0 heterocycles. The lowest BCUT2D eigenvalue weighted by Crippen LogP contribution is -2.25. The summed E-state index contributed by atoms with van der Waals surface area (Å²) in [6.45, 7) is 11.0. The molecule has 2 N–H and O–H groups in total. The predicted molar refractivity (Wildman–Crippen MR) is 150 cm³/mol. The van der Waals surface area contributed by atoms with Gasteiger partial charge in [-0.2, -0.15) is 16.8 Å². The molecule has 0 radical (unpaired) electrons. The molecule has 0 unspecified atom stereocenters. The SMILES string of the molecule is Cc1cc(S(=O)(=O)O)c2ccc3c(OCOP(=O)(OC(C)(C)C)OC(C)(C)C)cc(S(=O)(=O)O)c4ccc1c2c34. The zero-order valence-electron chi connectivity index (χ0n) is 23.0. The van der Waals surface area contributed by atoms with Crippen LogP contribution in [-0.2, 0) is 38.4 Å². The molecule has 0 aliphatic heterocycles. The highest BCUT2D eigenvalue weighted by molar-refractivity contribution is 7.86. The Kier molecular flexibility index (Phi) is 7.56. The first-order chi connectivity index (χ1) is 18.1. The van der Waals surface area contributed by atoms with E-state index in [0.717, 1.165) is 6.07 Å². The smallest absolute Gasteiger partial charge is 0.466 e. The summed E-state index contributed by atoms with van der Waals surface area (Å²) in [5.74, 6) is -0.0671. The van der Waals surface area contributed by atoms with E-state index in [1.807, 2.05) is 0 Å².